The lowest BCUT2D eigenvalue weighted by molar-refractivity contribution is -0.150. The van der Waals surface area contributed by atoms with E-state index in [1.807, 2.05) is 0 Å². The average molecular weight is 392 g/mol. The van der Waals surface area contributed by atoms with E-state index in [1.165, 1.54) is 24.3 Å². The summed E-state index contributed by atoms with van der Waals surface area (Å²) in [5, 5.41) is 2.08. The van der Waals surface area contributed by atoms with Crippen LogP contribution in [0.15, 0.2) is 29.2 Å². The van der Waals surface area contributed by atoms with Crippen LogP contribution < -0.4 is 15.8 Å². The Morgan fingerprint density at radius 2 is 1.76 bits per heavy atom. The molecule has 1 aromatic rings. The Morgan fingerprint density at radius 3 is 2.24 bits per heavy atom. The molecule has 138 valence electrons. The van der Waals surface area contributed by atoms with Gasteiger partial charge in [-0.15, -0.1) is 0 Å². The number of urea groups is 1. The van der Waals surface area contributed by atoms with Gasteiger partial charge in [-0.1, -0.05) is 25.4 Å². The van der Waals surface area contributed by atoms with Crippen molar-refractivity contribution in [1.29, 1.82) is 0 Å². The van der Waals surface area contributed by atoms with Crippen LogP contribution in [0.1, 0.15) is 13.8 Å². The number of carbonyl (C=O) groups excluding carboxylic acids is 3. The van der Waals surface area contributed by atoms with Gasteiger partial charge >= 0.3 is 12.0 Å². The van der Waals surface area contributed by atoms with E-state index in [0.717, 1.165) is 0 Å². The molecule has 0 spiro atoms. The SMILES string of the molecule is CC(C)[C@H](NS(=O)(=O)c1ccc(Cl)cc1)C(=O)OCC(=O)NC(N)=O. The summed E-state index contributed by atoms with van der Waals surface area (Å²) in [5.74, 6) is -2.36. The van der Waals surface area contributed by atoms with E-state index in [2.05, 4.69) is 4.72 Å². The molecule has 0 aliphatic carbocycles. The molecule has 3 amide bonds. The largest absolute Gasteiger partial charge is 0.454 e. The molecule has 0 bridgehead atoms. The number of sulfonamides is 1. The summed E-state index contributed by atoms with van der Waals surface area (Å²) < 4.78 is 31.6. The molecule has 1 rings (SSSR count). The molecule has 0 saturated heterocycles. The fraction of sp³-hybridized carbons (Fsp3) is 0.357. The van der Waals surface area contributed by atoms with Crippen LogP contribution in [0.5, 0.6) is 0 Å². The second kappa shape index (κ2) is 8.79. The summed E-state index contributed by atoms with van der Waals surface area (Å²) in [6.07, 6.45) is 0. The van der Waals surface area contributed by atoms with Crippen molar-refractivity contribution in [3.8, 4) is 0 Å². The number of benzene rings is 1. The van der Waals surface area contributed by atoms with Gasteiger partial charge in [-0.25, -0.2) is 13.2 Å². The number of amides is 3. The van der Waals surface area contributed by atoms with Gasteiger partial charge in [-0.05, 0) is 30.2 Å². The Hall–Kier alpha value is -2.17. The third-order valence-corrected chi connectivity index (χ3v) is 4.64. The second-order valence-electron chi connectivity index (χ2n) is 5.32. The minimum Gasteiger partial charge on any atom is -0.454 e. The number of primary amides is 1. The van der Waals surface area contributed by atoms with E-state index in [1.54, 1.807) is 19.2 Å². The lowest BCUT2D eigenvalue weighted by Gasteiger charge is -2.20. The number of imide groups is 1. The highest BCUT2D eigenvalue weighted by Crippen LogP contribution is 2.16. The van der Waals surface area contributed by atoms with Crippen LogP contribution in [0.3, 0.4) is 0 Å². The summed E-state index contributed by atoms with van der Waals surface area (Å²) in [5.41, 5.74) is 4.75. The van der Waals surface area contributed by atoms with Crippen molar-refractivity contribution in [2.45, 2.75) is 24.8 Å². The average Bonchev–Trinajstić information content (AvgIpc) is 2.50. The minimum atomic E-state index is -4.01. The maximum absolute atomic E-state index is 12.3. The molecule has 11 heteroatoms. The van der Waals surface area contributed by atoms with Gasteiger partial charge in [0.1, 0.15) is 6.04 Å². The topological polar surface area (TPSA) is 145 Å². The summed E-state index contributed by atoms with van der Waals surface area (Å²) in [4.78, 5) is 33.8. The van der Waals surface area contributed by atoms with Gasteiger partial charge in [0.25, 0.3) is 5.91 Å². The third kappa shape index (κ3) is 6.69. The van der Waals surface area contributed by atoms with Crippen molar-refractivity contribution in [2.75, 3.05) is 6.61 Å². The van der Waals surface area contributed by atoms with Crippen molar-refractivity contribution >= 4 is 39.5 Å². The number of hydrogen-bond acceptors (Lipinski definition) is 6. The van der Waals surface area contributed by atoms with Crippen LogP contribution in [0.25, 0.3) is 0 Å². The molecule has 4 N–H and O–H groups in total. The molecular formula is C14H18ClN3O6S. The fourth-order valence-corrected chi connectivity index (χ4v) is 3.16. The number of nitrogens with one attached hydrogen (secondary N) is 2. The highest BCUT2D eigenvalue weighted by atomic mass is 35.5. The molecule has 1 aromatic carbocycles. The maximum atomic E-state index is 12.3. The van der Waals surface area contributed by atoms with Crippen LogP contribution in [0, 0.1) is 5.92 Å². The zero-order chi connectivity index (χ0) is 19.2. The Bertz CT molecular complexity index is 748. The fourth-order valence-electron chi connectivity index (χ4n) is 1.71. The van der Waals surface area contributed by atoms with E-state index in [4.69, 9.17) is 22.1 Å². The third-order valence-electron chi connectivity index (χ3n) is 2.93. The van der Waals surface area contributed by atoms with Gasteiger partial charge in [0.15, 0.2) is 6.61 Å². The highest BCUT2D eigenvalue weighted by molar-refractivity contribution is 7.89. The first kappa shape index (κ1) is 20.9. The lowest BCUT2D eigenvalue weighted by Crippen LogP contribution is -2.46. The van der Waals surface area contributed by atoms with Gasteiger partial charge in [0, 0.05) is 5.02 Å². The smallest absolute Gasteiger partial charge is 0.324 e. The molecule has 0 radical (unpaired) electrons. The van der Waals surface area contributed by atoms with Crippen LogP contribution in [-0.2, 0) is 24.3 Å². The first-order valence-electron chi connectivity index (χ1n) is 7.06. The molecule has 1 atom stereocenters. The normalized spacial score (nSPS) is 12.5. The standard InChI is InChI=1S/C14H18ClN3O6S/c1-8(2)12(13(20)24-7-11(19)17-14(16)21)18-25(22,23)10-5-3-9(15)4-6-10/h3-6,8,12,18H,7H2,1-2H3,(H3,16,17,19,21)/t12-/m0/s1. The number of rotatable bonds is 7. The van der Waals surface area contributed by atoms with Crippen molar-refractivity contribution in [2.24, 2.45) is 11.7 Å². The quantitative estimate of drug-likeness (QED) is 0.573. The number of halogens is 1. The van der Waals surface area contributed by atoms with Crippen LogP contribution >= 0.6 is 11.6 Å². The maximum Gasteiger partial charge on any atom is 0.324 e. The van der Waals surface area contributed by atoms with Gasteiger partial charge < -0.3 is 10.5 Å². The van der Waals surface area contributed by atoms with E-state index in [9.17, 15) is 22.8 Å². The molecule has 0 heterocycles. The summed E-state index contributed by atoms with van der Waals surface area (Å²) in [6.45, 7) is 2.42. The number of ether oxygens (including phenoxy) is 1. The Kier molecular flexibility index (Phi) is 7.34. The van der Waals surface area contributed by atoms with E-state index < -0.39 is 46.5 Å². The molecule has 0 fully saturated rings. The zero-order valence-electron chi connectivity index (χ0n) is 13.5. The van der Waals surface area contributed by atoms with Gasteiger partial charge in [-0.2, -0.15) is 4.72 Å². The van der Waals surface area contributed by atoms with Crippen molar-refractivity contribution < 1.29 is 27.5 Å². The van der Waals surface area contributed by atoms with Gasteiger partial charge in [0.05, 0.1) is 4.90 Å². The molecule has 0 aliphatic heterocycles. The lowest BCUT2D eigenvalue weighted by atomic mass is 10.1. The Labute approximate surface area is 149 Å². The summed E-state index contributed by atoms with van der Waals surface area (Å²) in [7, 11) is -4.01. The summed E-state index contributed by atoms with van der Waals surface area (Å²) in [6, 6.07) is 3.04. The molecule has 0 aromatic heterocycles. The number of nitrogens with two attached hydrogens (primary N) is 1. The predicted octanol–water partition coefficient (Wildman–Crippen LogP) is 0.381. The van der Waals surface area contributed by atoms with Crippen LogP contribution in [0.2, 0.25) is 5.02 Å². The monoisotopic (exact) mass is 391 g/mol. The molecule has 0 aliphatic rings. The number of esters is 1. The molecule has 25 heavy (non-hydrogen) atoms. The van der Waals surface area contributed by atoms with Gasteiger partial charge in [-0.3, -0.25) is 14.9 Å². The Balaban J connectivity index is 2.82. The highest BCUT2D eigenvalue weighted by Gasteiger charge is 2.30. The van der Waals surface area contributed by atoms with Crippen molar-refractivity contribution in [3.05, 3.63) is 29.3 Å². The minimum absolute atomic E-state index is 0.0816. The van der Waals surface area contributed by atoms with E-state index in [-0.39, 0.29) is 4.90 Å². The van der Waals surface area contributed by atoms with E-state index in [0.29, 0.717) is 5.02 Å². The first-order valence-corrected chi connectivity index (χ1v) is 8.93. The van der Waals surface area contributed by atoms with Crippen LogP contribution in [0.4, 0.5) is 4.79 Å². The number of carbonyl (C=O) groups is 3. The first-order chi connectivity index (χ1) is 11.5. The number of hydrogen-bond donors (Lipinski definition) is 3. The molecule has 0 saturated carbocycles. The Morgan fingerprint density at radius 1 is 1.20 bits per heavy atom. The predicted molar refractivity (Wildman–Crippen MR) is 89.1 cm³/mol. The van der Waals surface area contributed by atoms with E-state index >= 15 is 0 Å². The molecular weight excluding hydrogens is 374 g/mol. The van der Waals surface area contributed by atoms with Crippen molar-refractivity contribution in [1.82, 2.24) is 10.0 Å². The van der Waals surface area contributed by atoms with Gasteiger partial charge in [0.2, 0.25) is 10.0 Å². The molecule has 0 unspecified atom stereocenters. The van der Waals surface area contributed by atoms with Crippen molar-refractivity contribution in [3.63, 3.8) is 0 Å². The summed E-state index contributed by atoms with van der Waals surface area (Å²) >= 11 is 5.72. The second-order valence-corrected chi connectivity index (χ2v) is 7.47. The zero-order valence-corrected chi connectivity index (χ0v) is 15.1. The van der Waals surface area contributed by atoms with Crippen LogP contribution in [-0.4, -0.2) is 39.0 Å². The molecule has 9 nitrogen and oxygen atoms in total.